The Balaban J connectivity index is 2.48. The summed E-state index contributed by atoms with van der Waals surface area (Å²) in [6, 6.07) is 15.9. The zero-order chi connectivity index (χ0) is 24.8. The number of hydrogen-bond donors (Lipinski definition) is 4. The number of carboxylic acid groups (broad SMARTS) is 2. The molecule has 0 saturated heterocycles. The molecule has 34 heavy (non-hydrogen) atoms. The molecule has 0 heterocycles. The molecule has 3 rings (SSSR count). The Hall–Kier alpha value is -5.08. The van der Waals surface area contributed by atoms with Crippen LogP contribution in [0.4, 0.5) is 0 Å². The molecular weight excluding hydrogens is 436 g/mol. The molecule has 8 nitrogen and oxygen atoms in total. The third-order valence-corrected chi connectivity index (χ3v) is 5.19. The van der Waals surface area contributed by atoms with Gasteiger partial charge in [-0.1, -0.05) is 30.3 Å². The maximum absolute atomic E-state index is 11.5. The lowest BCUT2D eigenvalue weighted by atomic mass is 9.89. The summed E-state index contributed by atoms with van der Waals surface area (Å²) in [5, 5.41) is 58.3. The normalized spacial score (nSPS) is 11.6. The third kappa shape index (κ3) is 5.04. The first-order valence-electron chi connectivity index (χ1n) is 10.0. The summed E-state index contributed by atoms with van der Waals surface area (Å²) in [5.74, 6) is -3.67. The molecule has 0 unspecified atom stereocenters. The van der Waals surface area contributed by atoms with Gasteiger partial charge >= 0.3 is 11.9 Å². The number of aliphatic hydroxyl groups is 2. The molecule has 0 spiro atoms. The van der Waals surface area contributed by atoms with Crippen LogP contribution in [0.1, 0.15) is 23.1 Å². The van der Waals surface area contributed by atoms with Crippen molar-refractivity contribution in [3.8, 4) is 12.1 Å². The van der Waals surface area contributed by atoms with Gasteiger partial charge in [0.15, 0.2) is 0 Å². The predicted octanol–water partition coefficient (Wildman–Crippen LogP) is 4.87. The van der Waals surface area contributed by atoms with Gasteiger partial charge in [0, 0.05) is 0 Å². The quantitative estimate of drug-likeness (QED) is 0.170. The maximum Gasteiger partial charge on any atom is 0.346 e. The Labute approximate surface area is 193 Å². The number of aliphatic hydroxyl groups excluding tert-OH is 1. The molecule has 0 aliphatic rings. The van der Waals surface area contributed by atoms with Gasteiger partial charge in [0.2, 0.25) is 0 Å². The number of carbonyl (C=O) groups is 2. The van der Waals surface area contributed by atoms with Crippen molar-refractivity contribution < 1.29 is 30.0 Å². The van der Waals surface area contributed by atoms with Crippen LogP contribution >= 0.6 is 0 Å². The molecule has 3 aromatic rings. The van der Waals surface area contributed by atoms with Gasteiger partial charge in [-0.3, -0.25) is 0 Å². The van der Waals surface area contributed by atoms with E-state index in [1.54, 1.807) is 30.3 Å². The van der Waals surface area contributed by atoms with Crippen LogP contribution in [-0.4, -0.2) is 32.4 Å². The molecule has 0 amide bonds. The number of hydrogen-bond acceptors (Lipinski definition) is 6. The van der Waals surface area contributed by atoms with Crippen LogP contribution in [0.25, 0.3) is 33.7 Å². The van der Waals surface area contributed by atoms with Gasteiger partial charge in [-0.05, 0) is 81.4 Å². The molecular formula is C26H18N2O6. The molecule has 0 aromatic heterocycles. The molecule has 168 valence electrons. The standard InChI is InChI=1S/C26H18N2O6/c27-13-19(25(31)32)9-18-8-17(6-3-7-24(29)30)21(12-20(14-28)26(33)34)23-11-16-5-2-1-4-15(16)10-22(18)23/h1-2,4-5,7-12,29-30H,3,6H2,(H,31,32)(H,33,34)/b19-9?,20-12+. The number of aliphatic carboxylic acids is 2. The Morgan fingerprint density at radius 3 is 1.91 bits per heavy atom. The van der Waals surface area contributed by atoms with Crippen molar-refractivity contribution in [3.63, 3.8) is 0 Å². The summed E-state index contributed by atoms with van der Waals surface area (Å²) in [6.45, 7) is 0. The second-order valence-corrected chi connectivity index (χ2v) is 7.33. The number of fused-ring (bicyclic) bond motifs is 2. The number of allylic oxidation sites excluding steroid dienone is 1. The minimum absolute atomic E-state index is 0.171. The van der Waals surface area contributed by atoms with Gasteiger partial charge in [-0.15, -0.1) is 0 Å². The van der Waals surface area contributed by atoms with Crippen LogP contribution in [0, 0.1) is 22.7 Å². The molecule has 0 fully saturated rings. The Kier molecular flexibility index (Phi) is 6.95. The third-order valence-electron chi connectivity index (χ3n) is 5.19. The highest BCUT2D eigenvalue weighted by atomic mass is 16.5. The predicted molar refractivity (Wildman–Crippen MR) is 126 cm³/mol. The molecule has 0 saturated carbocycles. The monoisotopic (exact) mass is 454 g/mol. The topological polar surface area (TPSA) is 163 Å². The fourth-order valence-corrected chi connectivity index (χ4v) is 3.66. The Morgan fingerprint density at radius 1 is 0.824 bits per heavy atom. The van der Waals surface area contributed by atoms with Gasteiger partial charge in [0.1, 0.15) is 23.3 Å². The number of nitriles is 2. The van der Waals surface area contributed by atoms with E-state index in [-0.39, 0.29) is 12.8 Å². The van der Waals surface area contributed by atoms with Crippen LogP contribution in [0.15, 0.2) is 65.6 Å². The lowest BCUT2D eigenvalue weighted by Gasteiger charge is -2.15. The van der Waals surface area contributed by atoms with Gasteiger partial charge < -0.3 is 20.4 Å². The Bertz CT molecular complexity index is 1500. The molecule has 0 aliphatic heterocycles. The van der Waals surface area contributed by atoms with Crippen LogP contribution in [0.5, 0.6) is 0 Å². The number of benzene rings is 3. The van der Waals surface area contributed by atoms with E-state index in [0.717, 1.165) is 16.8 Å². The number of aryl methyl sites for hydroxylation is 1. The number of rotatable bonds is 7. The van der Waals surface area contributed by atoms with Crippen LogP contribution < -0.4 is 0 Å². The van der Waals surface area contributed by atoms with Gasteiger partial charge in [-0.25, -0.2) is 9.59 Å². The highest BCUT2D eigenvalue weighted by Crippen LogP contribution is 2.34. The van der Waals surface area contributed by atoms with Gasteiger partial charge in [0.25, 0.3) is 5.95 Å². The van der Waals surface area contributed by atoms with E-state index >= 15 is 0 Å². The van der Waals surface area contributed by atoms with Crippen LogP contribution in [0.3, 0.4) is 0 Å². The summed E-state index contributed by atoms with van der Waals surface area (Å²) < 4.78 is 0. The minimum atomic E-state index is -1.41. The first-order valence-corrected chi connectivity index (χ1v) is 10.0. The molecule has 0 radical (unpaired) electrons. The molecule has 0 aliphatic carbocycles. The maximum atomic E-state index is 11.5. The van der Waals surface area contributed by atoms with E-state index in [1.807, 2.05) is 24.3 Å². The largest absolute Gasteiger partial charge is 0.481 e. The van der Waals surface area contributed by atoms with E-state index in [2.05, 4.69) is 0 Å². The zero-order valence-corrected chi connectivity index (χ0v) is 17.7. The lowest BCUT2D eigenvalue weighted by molar-refractivity contribution is -0.133. The molecule has 4 N–H and O–H groups in total. The summed E-state index contributed by atoms with van der Waals surface area (Å²) >= 11 is 0. The van der Waals surface area contributed by atoms with Crippen molar-refractivity contribution in [2.75, 3.05) is 0 Å². The highest BCUT2D eigenvalue weighted by molar-refractivity contribution is 6.09. The molecule has 0 bridgehead atoms. The SMILES string of the molecule is N#CC(=Cc1cc(CCC=C(O)O)c(/C=C(\C#N)C(=O)O)c2cc3ccccc3cc12)C(=O)O. The average Bonchev–Trinajstić information content (AvgIpc) is 2.80. The van der Waals surface area contributed by atoms with E-state index in [1.165, 1.54) is 12.2 Å². The number of carboxylic acids is 2. The minimum Gasteiger partial charge on any atom is -0.481 e. The van der Waals surface area contributed by atoms with Crippen LogP contribution in [-0.2, 0) is 16.0 Å². The zero-order valence-electron chi connectivity index (χ0n) is 17.7. The van der Waals surface area contributed by atoms with Crippen molar-refractivity contribution >= 4 is 45.6 Å². The van der Waals surface area contributed by atoms with Crippen LogP contribution in [0.2, 0.25) is 0 Å². The van der Waals surface area contributed by atoms with Crippen molar-refractivity contribution in [2.45, 2.75) is 12.8 Å². The second-order valence-electron chi connectivity index (χ2n) is 7.33. The molecule has 8 heteroatoms. The molecule has 0 atom stereocenters. The fourth-order valence-electron chi connectivity index (χ4n) is 3.66. The van der Waals surface area contributed by atoms with E-state index in [0.29, 0.717) is 27.5 Å². The second kappa shape index (κ2) is 10.0. The van der Waals surface area contributed by atoms with Gasteiger partial charge in [-0.2, -0.15) is 10.5 Å². The summed E-state index contributed by atoms with van der Waals surface area (Å²) in [7, 11) is 0. The van der Waals surface area contributed by atoms with Crippen molar-refractivity contribution in [2.24, 2.45) is 0 Å². The van der Waals surface area contributed by atoms with Crippen molar-refractivity contribution in [1.82, 2.24) is 0 Å². The first-order chi connectivity index (χ1) is 16.2. The smallest absolute Gasteiger partial charge is 0.346 e. The summed E-state index contributed by atoms with van der Waals surface area (Å²) in [6.07, 6.45) is 4.02. The molecule has 3 aromatic carbocycles. The van der Waals surface area contributed by atoms with Crippen molar-refractivity contribution in [1.29, 1.82) is 10.5 Å². The number of nitrogens with zero attached hydrogens (tertiary/aromatic N) is 2. The van der Waals surface area contributed by atoms with E-state index in [9.17, 15) is 30.3 Å². The first kappa shape index (κ1) is 23.6. The van der Waals surface area contributed by atoms with E-state index < -0.39 is 29.0 Å². The lowest BCUT2D eigenvalue weighted by Crippen LogP contribution is -2.01. The average molecular weight is 454 g/mol. The van der Waals surface area contributed by atoms with Crippen molar-refractivity contribution in [3.05, 3.63) is 82.3 Å². The van der Waals surface area contributed by atoms with E-state index in [4.69, 9.17) is 10.2 Å². The fraction of sp³-hybridized carbons (Fsp3) is 0.0769. The summed E-state index contributed by atoms with van der Waals surface area (Å²) in [5.41, 5.74) is 0.389. The highest BCUT2D eigenvalue weighted by Gasteiger charge is 2.16. The Morgan fingerprint density at radius 2 is 1.38 bits per heavy atom. The van der Waals surface area contributed by atoms with Gasteiger partial charge in [0.05, 0.1) is 0 Å². The summed E-state index contributed by atoms with van der Waals surface area (Å²) in [4.78, 5) is 23.0.